The van der Waals surface area contributed by atoms with Gasteiger partial charge in [0.15, 0.2) is 17.2 Å². The third-order valence-corrected chi connectivity index (χ3v) is 2.67. The van der Waals surface area contributed by atoms with Gasteiger partial charge in [-0.2, -0.15) is 0 Å². The van der Waals surface area contributed by atoms with Crippen LogP contribution in [0.2, 0.25) is 0 Å². The number of carbonyl (C=O) groups is 1. The van der Waals surface area contributed by atoms with Crippen LogP contribution in [0.1, 0.15) is 12.8 Å². The number of fused-ring (bicyclic) bond motifs is 1. The minimum Gasteiger partial charge on any atom is -0.473 e. The van der Waals surface area contributed by atoms with Crippen LogP contribution in [0.15, 0.2) is 18.3 Å². The van der Waals surface area contributed by atoms with Crippen LogP contribution in [0, 0.1) is 6.42 Å². The molecule has 3 rings (SSSR count). The molecule has 1 radical (unpaired) electrons. The lowest BCUT2D eigenvalue weighted by atomic mass is 9.78. The molecule has 1 aromatic heterocycles. The second-order valence-corrected chi connectivity index (χ2v) is 3.54. The number of amides is 1. The van der Waals surface area contributed by atoms with Crippen molar-refractivity contribution in [2.45, 2.75) is 18.4 Å². The van der Waals surface area contributed by atoms with Crippen LogP contribution in [0.4, 0.5) is 5.82 Å². The molecule has 1 N–H and O–H groups in total. The Hall–Kier alpha value is -1.58. The van der Waals surface area contributed by atoms with E-state index in [9.17, 15) is 4.79 Å². The quantitative estimate of drug-likeness (QED) is 0.666. The highest BCUT2D eigenvalue weighted by Gasteiger charge is 2.50. The Bertz CT molecular complexity index is 399. The van der Waals surface area contributed by atoms with E-state index in [0.29, 0.717) is 11.6 Å². The van der Waals surface area contributed by atoms with E-state index >= 15 is 0 Å². The highest BCUT2D eigenvalue weighted by molar-refractivity contribution is 6.01. The monoisotopic (exact) mass is 189 g/mol. The molecule has 0 bridgehead atoms. The molecule has 2 aliphatic rings. The van der Waals surface area contributed by atoms with Gasteiger partial charge >= 0.3 is 0 Å². The summed E-state index contributed by atoms with van der Waals surface area (Å²) < 4.78 is 5.64. The molecule has 1 fully saturated rings. The summed E-state index contributed by atoms with van der Waals surface area (Å²) in [6.07, 6.45) is 5.22. The average Bonchev–Trinajstić information content (AvgIpc) is 2.14. The maximum absolute atomic E-state index is 11.7. The Balaban J connectivity index is 2.03. The molecule has 0 saturated heterocycles. The Morgan fingerprint density at radius 3 is 3.14 bits per heavy atom. The van der Waals surface area contributed by atoms with Gasteiger partial charge in [0.25, 0.3) is 5.91 Å². The van der Waals surface area contributed by atoms with Crippen molar-refractivity contribution >= 4 is 11.7 Å². The third kappa shape index (κ3) is 0.880. The van der Waals surface area contributed by atoms with Crippen LogP contribution >= 0.6 is 0 Å². The number of pyridine rings is 1. The lowest BCUT2D eigenvalue weighted by Gasteiger charge is -2.42. The minimum atomic E-state index is -0.712. The maximum Gasteiger partial charge on any atom is 0.270 e. The van der Waals surface area contributed by atoms with Crippen molar-refractivity contribution in [3.8, 4) is 5.75 Å². The lowest BCUT2D eigenvalue weighted by Crippen LogP contribution is -2.56. The Labute approximate surface area is 81.3 Å². The van der Waals surface area contributed by atoms with Crippen molar-refractivity contribution in [3.05, 3.63) is 24.8 Å². The van der Waals surface area contributed by atoms with E-state index in [-0.39, 0.29) is 5.91 Å². The molecule has 1 aromatic rings. The van der Waals surface area contributed by atoms with Gasteiger partial charge < -0.3 is 10.1 Å². The first-order valence-electron chi connectivity index (χ1n) is 4.60. The van der Waals surface area contributed by atoms with Crippen molar-refractivity contribution in [1.29, 1.82) is 0 Å². The van der Waals surface area contributed by atoms with Gasteiger partial charge in [-0.05, 0) is 25.0 Å². The number of aromatic nitrogens is 1. The predicted molar refractivity (Wildman–Crippen MR) is 49.8 cm³/mol. The minimum absolute atomic E-state index is 0.102. The van der Waals surface area contributed by atoms with Crippen LogP contribution in [-0.4, -0.2) is 16.5 Å². The molecule has 4 heteroatoms. The van der Waals surface area contributed by atoms with E-state index in [1.54, 1.807) is 12.3 Å². The molecule has 14 heavy (non-hydrogen) atoms. The summed E-state index contributed by atoms with van der Waals surface area (Å²) in [5, 5.41) is 2.75. The summed E-state index contributed by atoms with van der Waals surface area (Å²) in [7, 11) is 0. The second-order valence-electron chi connectivity index (χ2n) is 3.54. The fraction of sp³-hybridized carbons (Fsp3) is 0.300. The number of hydrogen-bond acceptors (Lipinski definition) is 3. The van der Waals surface area contributed by atoms with Crippen molar-refractivity contribution in [2.75, 3.05) is 5.32 Å². The summed E-state index contributed by atoms with van der Waals surface area (Å²) in [5.74, 6) is 1.07. The van der Waals surface area contributed by atoms with Crippen molar-refractivity contribution in [3.63, 3.8) is 0 Å². The first-order valence-corrected chi connectivity index (χ1v) is 4.60. The van der Waals surface area contributed by atoms with Gasteiger partial charge in [0.1, 0.15) is 0 Å². The standard InChI is InChI=1S/C10H9N2O2/c13-9-10(4-2-5-10)14-7-3-1-6-11-8(7)12-9/h1,3-4,6H,2,5H2,(H,11,12,13). The van der Waals surface area contributed by atoms with Crippen LogP contribution in [-0.2, 0) is 4.79 Å². The van der Waals surface area contributed by atoms with Crippen molar-refractivity contribution in [2.24, 2.45) is 0 Å². The molecule has 1 saturated carbocycles. The first kappa shape index (κ1) is 7.79. The number of nitrogens with one attached hydrogen (secondary N) is 1. The Morgan fingerprint density at radius 1 is 1.57 bits per heavy atom. The molecule has 71 valence electrons. The van der Waals surface area contributed by atoms with E-state index in [1.165, 1.54) is 0 Å². The highest BCUT2D eigenvalue weighted by Crippen LogP contribution is 2.41. The summed E-state index contributed by atoms with van der Waals surface area (Å²) in [6, 6.07) is 3.61. The molecule has 1 unspecified atom stereocenters. The molecule has 1 aliphatic heterocycles. The molecule has 0 aromatic carbocycles. The van der Waals surface area contributed by atoms with Crippen LogP contribution in [0.5, 0.6) is 5.75 Å². The van der Waals surface area contributed by atoms with E-state index in [0.717, 1.165) is 12.8 Å². The summed E-state index contributed by atoms with van der Waals surface area (Å²) in [6.45, 7) is 0. The fourth-order valence-electron chi connectivity index (χ4n) is 1.73. The largest absolute Gasteiger partial charge is 0.473 e. The molecule has 4 nitrogen and oxygen atoms in total. The van der Waals surface area contributed by atoms with Crippen molar-refractivity contribution < 1.29 is 9.53 Å². The first-order chi connectivity index (χ1) is 6.80. The van der Waals surface area contributed by atoms with Gasteiger partial charge in [0, 0.05) is 12.6 Å². The molecule has 1 atom stereocenters. The summed E-state index contributed by atoms with van der Waals surface area (Å²) in [5.41, 5.74) is -0.712. The topological polar surface area (TPSA) is 51.2 Å². The fourth-order valence-corrected chi connectivity index (χ4v) is 1.73. The van der Waals surface area contributed by atoms with Crippen LogP contribution in [0.3, 0.4) is 0 Å². The molecule has 2 heterocycles. The maximum atomic E-state index is 11.7. The van der Waals surface area contributed by atoms with Crippen molar-refractivity contribution in [1.82, 2.24) is 4.98 Å². The van der Waals surface area contributed by atoms with Gasteiger partial charge in [-0.3, -0.25) is 4.79 Å². The summed E-state index contributed by atoms with van der Waals surface area (Å²) >= 11 is 0. The normalized spacial score (nSPS) is 21.9. The Morgan fingerprint density at radius 2 is 2.43 bits per heavy atom. The zero-order chi connectivity index (χ0) is 9.60. The molecule has 1 spiro atoms. The van der Waals surface area contributed by atoms with Gasteiger partial charge in [-0.1, -0.05) is 0 Å². The zero-order valence-corrected chi connectivity index (χ0v) is 7.49. The molecule has 1 amide bonds. The SMILES string of the molecule is O=C1Nc2ncccc2OC12[CH]CC2. The van der Waals surface area contributed by atoms with Gasteiger partial charge in [-0.15, -0.1) is 0 Å². The molecular formula is C10H9N2O2. The zero-order valence-electron chi connectivity index (χ0n) is 7.49. The third-order valence-electron chi connectivity index (χ3n) is 2.67. The number of nitrogens with zero attached hydrogens (tertiary/aromatic N) is 1. The number of anilines is 1. The van der Waals surface area contributed by atoms with Crippen LogP contribution < -0.4 is 10.1 Å². The van der Waals surface area contributed by atoms with E-state index in [1.807, 2.05) is 12.5 Å². The second kappa shape index (κ2) is 2.47. The molecular weight excluding hydrogens is 180 g/mol. The number of ether oxygens (including phenoxy) is 1. The highest BCUT2D eigenvalue weighted by atomic mass is 16.5. The number of hydrogen-bond donors (Lipinski definition) is 1. The molecule has 1 aliphatic carbocycles. The van der Waals surface area contributed by atoms with Gasteiger partial charge in [-0.25, -0.2) is 4.98 Å². The predicted octanol–water partition coefficient (Wildman–Crippen LogP) is 1.15. The number of rotatable bonds is 0. The van der Waals surface area contributed by atoms with E-state index < -0.39 is 5.60 Å². The van der Waals surface area contributed by atoms with E-state index in [2.05, 4.69) is 10.3 Å². The van der Waals surface area contributed by atoms with Gasteiger partial charge in [0.2, 0.25) is 0 Å². The average molecular weight is 189 g/mol. The van der Waals surface area contributed by atoms with Crippen LogP contribution in [0.25, 0.3) is 0 Å². The van der Waals surface area contributed by atoms with Gasteiger partial charge in [0.05, 0.1) is 0 Å². The smallest absolute Gasteiger partial charge is 0.270 e. The van der Waals surface area contributed by atoms with E-state index in [4.69, 9.17) is 4.74 Å². The Kier molecular flexibility index (Phi) is 1.37. The lowest BCUT2D eigenvalue weighted by molar-refractivity contribution is -0.133. The number of carbonyl (C=O) groups excluding carboxylic acids is 1. The summed E-state index contributed by atoms with van der Waals surface area (Å²) in [4.78, 5) is 15.7.